The molecule has 1 aromatic heterocycles. The van der Waals surface area contributed by atoms with Gasteiger partial charge < -0.3 is 14.5 Å². The van der Waals surface area contributed by atoms with Crippen molar-refractivity contribution in [1.82, 2.24) is 10.2 Å². The summed E-state index contributed by atoms with van der Waals surface area (Å²) in [5, 5.41) is 12.2. The lowest BCUT2D eigenvalue weighted by atomic mass is 10.1. The molecule has 0 aliphatic rings. The molecule has 0 radical (unpaired) electrons. The molecule has 0 bridgehead atoms. The standard InChI is InChI=1S/C22H17ClFN3O2/c1-28-19-12-11-17(13-18(19)23)25-20(14-7-9-16(24)10-8-14)22-27-26-21(29-22)15-5-3-2-4-6-15/h2-13,20,25H,1H3. The van der Waals surface area contributed by atoms with Gasteiger partial charge in [0.25, 0.3) is 0 Å². The number of hydrogen-bond acceptors (Lipinski definition) is 5. The Bertz CT molecular complexity index is 1100. The van der Waals surface area contributed by atoms with Crippen molar-refractivity contribution >= 4 is 17.3 Å². The third-order valence-corrected chi connectivity index (χ3v) is 4.67. The molecule has 4 rings (SSSR count). The predicted octanol–water partition coefficient (Wildman–Crippen LogP) is 5.74. The van der Waals surface area contributed by atoms with Gasteiger partial charge in [0.1, 0.15) is 17.6 Å². The molecule has 4 aromatic rings. The average molecular weight is 410 g/mol. The highest BCUT2D eigenvalue weighted by Gasteiger charge is 2.22. The van der Waals surface area contributed by atoms with Crippen LogP contribution in [0.25, 0.3) is 11.5 Å². The molecule has 1 N–H and O–H groups in total. The molecular weight excluding hydrogens is 393 g/mol. The van der Waals surface area contributed by atoms with Crippen LogP contribution in [0.15, 0.2) is 77.2 Å². The summed E-state index contributed by atoms with van der Waals surface area (Å²) in [5.41, 5.74) is 2.31. The van der Waals surface area contributed by atoms with E-state index in [0.29, 0.717) is 22.6 Å². The molecule has 1 heterocycles. The Morgan fingerprint density at radius 1 is 1.00 bits per heavy atom. The molecule has 0 aliphatic carbocycles. The van der Waals surface area contributed by atoms with E-state index in [0.717, 1.165) is 16.8 Å². The summed E-state index contributed by atoms with van der Waals surface area (Å²) in [6.07, 6.45) is 0. The maximum Gasteiger partial charge on any atom is 0.247 e. The topological polar surface area (TPSA) is 60.2 Å². The first kappa shape index (κ1) is 19.0. The normalized spacial score (nSPS) is 11.8. The summed E-state index contributed by atoms with van der Waals surface area (Å²) in [4.78, 5) is 0. The number of aromatic nitrogens is 2. The Hall–Kier alpha value is -3.38. The minimum atomic E-state index is -0.495. The molecule has 5 nitrogen and oxygen atoms in total. The van der Waals surface area contributed by atoms with E-state index >= 15 is 0 Å². The van der Waals surface area contributed by atoms with Crippen LogP contribution in [0.2, 0.25) is 5.02 Å². The zero-order valence-corrected chi connectivity index (χ0v) is 16.2. The maximum absolute atomic E-state index is 13.4. The maximum atomic E-state index is 13.4. The van der Waals surface area contributed by atoms with Crippen molar-refractivity contribution in [3.05, 3.63) is 95.1 Å². The average Bonchev–Trinajstić information content (AvgIpc) is 3.23. The molecule has 7 heteroatoms. The van der Waals surface area contributed by atoms with Crippen LogP contribution < -0.4 is 10.1 Å². The van der Waals surface area contributed by atoms with Crippen LogP contribution in [0.3, 0.4) is 0 Å². The van der Waals surface area contributed by atoms with E-state index in [-0.39, 0.29) is 5.82 Å². The molecule has 0 fully saturated rings. The number of nitrogens with zero attached hydrogens (tertiary/aromatic N) is 2. The van der Waals surface area contributed by atoms with Crippen LogP contribution in [-0.2, 0) is 0 Å². The summed E-state index contributed by atoms with van der Waals surface area (Å²) >= 11 is 6.24. The fourth-order valence-electron chi connectivity index (χ4n) is 2.91. The first-order chi connectivity index (χ1) is 14.1. The number of halogens is 2. The summed E-state index contributed by atoms with van der Waals surface area (Å²) in [7, 11) is 1.55. The van der Waals surface area contributed by atoms with Gasteiger partial charge in [-0.1, -0.05) is 41.9 Å². The van der Waals surface area contributed by atoms with E-state index in [9.17, 15) is 4.39 Å². The largest absolute Gasteiger partial charge is 0.495 e. The van der Waals surface area contributed by atoms with Crippen LogP contribution in [0.1, 0.15) is 17.5 Å². The van der Waals surface area contributed by atoms with Crippen LogP contribution in [0.5, 0.6) is 5.75 Å². The van der Waals surface area contributed by atoms with Crippen LogP contribution in [-0.4, -0.2) is 17.3 Å². The van der Waals surface area contributed by atoms with Gasteiger partial charge in [0.15, 0.2) is 0 Å². The van der Waals surface area contributed by atoms with Crippen molar-refractivity contribution in [2.75, 3.05) is 12.4 Å². The second-order valence-electron chi connectivity index (χ2n) is 6.29. The number of hydrogen-bond donors (Lipinski definition) is 1. The van der Waals surface area contributed by atoms with Gasteiger partial charge in [0.05, 0.1) is 12.1 Å². The molecule has 29 heavy (non-hydrogen) atoms. The first-order valence-electron chi connectivity index (χ1n) is 8.88. The summed E-state index contributed by atoms with van der Waals surface area (Å²) < 4.78 is 24.6. The number of rotatable bonds is 6. The number of nitrogens with one attached hydrogen (secondary N) is 1. The summed E-state index contributed by atoms with van der Waals surface area (Å²) in [6.45, 7) is 0. The van der Waals surface area contributed by atoms with Crippen molar-refractivity contribution in [3.8, 4) is 17.2 Å². The summed E-state index contributed by atoms with van der Waals surface area (Å²) in [6, 6.07) is 20.4. The third-order valence-electron chi connectivity index (χ3n) is 4.37. The van der Waals surface area contributed by atoms with E-state index in [1.807, 2.05) is 36.4 Å². The monoisotopic (exact) mass is 409 g/mol. The Morgan fingerprint density at radius 3 is 2.45 bits per heavy atom. The van der Waals surface area contributed by atoms with Crippen molar-refractivity contribution < 1.29 is 13.5 Å². The second-order valence-corrected chi connectivity index (χ2v) is 6.70. The molecule has 3 aromatic carbocycles. The van der Waals surface area contributed by atoms with Gasteiger partial charge in [-0.3, -0.25) is 0 Å². The minimum Gasteiger partial charge on any atom is -0.495 e. The van der Waals surface area contributed by atoms with Crippen molar-refractivity contribution in [2.45, 2.75) is 6.04 Å². The van der Waals surface area contributed by atoms with Crippen molar-refractivity contribution in [1.29, 1.82) is 0 Å². The lowest BCUT2D eigenvalue weighted by Crippen LogP contribution is -2.13. The van der Waals surface area contributed by atoms with Gasteiger partial charge in [-0.05, 0) is 48.0 Å². The minimum absolute atomic E-state index is 0.324. The van der Waals surface area contributed by atoms with E-state index in [1.165, 1.54) is 12.1 Å². The first-order valence-corrected chi connectivity index (χ1v) is 9.26. The highest BCUT2D eigenvalue weighted by Crippen LogP contribution is 2.32. The van der Waals surface area contributed by atoms with Crippen LogP contribution >= 0.6 is 11.6 Å². The lowest BCUT2D eigenvalue weighted by Gasteiger charge is -2.18. The lowest BCUT2D eigenvalue weighted by molar-refractivity contribution is 0.415. The molecule has 0 spiro atoms. The van der Waals surface area contributed by atoms with Gasteiger partial charge in [-0.2, -0.15) is 0 Å². The Morgan fingerprint density at radius 2 is 1.76 bits per heavy atom. The number of anilines is 1. The zero-order chi connectivity index (χ0) is 20.2. The summed E-state index contributed by atoms with van der Waals surface area (Å²) in [5.74, 6) is 1.000. The Kier molecular flexibility index (Phi) is 5.44. The highest BCUT2D eigenvalue weighted by molar-refractivity contribution is 6.32. The molecule has 1 atom stereocenters. The highest BCUT2D eigenvalue weighted by atomic mass is 35.5. The number of methoxy groups -OCH3 is 1. The Balaban J connectivity index is 1.70. The predicted molar refractivity (Wildman–Crippen MR) is 110 cm³/mol. The van der Waals surface area contributed by atoms with Gasteiger partial charge in [-0.15, -0.1) is 10.2 Å². The number of ether oxygens (including phenoxy) is 1. The van der Waals surface area contributed by atoms with E-state index in [4.69, 9.17) is 20.8 Å². The van der Waals surface area contributed by atoms with E-state index in [1.54, 1.807) is 31.4 Å². The molecule has 0 saturated heterocycles. The second kappa shape index (κ2) is 8.32. The smallest absolute Gasteiger partial charge is 0.247 e. The van der Waals surface area contributed by atoms with Crippen molar-refractivity contribution in [2.24, 2.45) is 0 Å². The molecule has 0 aliphatic heterocycles. The SMILES string of the molecule is COc1ccc(NC(c2ccc(F)cc2)c2nnc(-c3ccccc3)o2)cc1Cl. The molecule has 0 saturated carbocycles. The van der Waals surface area contributed by atoms with Gasteiger partial charge in [0, 0.05) is 11.3 Å². The van der Waals surface area contributed by atoms with Crippen LogP contribution in [0, 0.1) is 5.82 Å². The number of benzene rings is 3. The van der Waals surface area contributed by atoms with Crippen LogP contribution in [0.4, 0.5) is 10.1 Å². The molecule has 146 valence electrons. The quantitative estimate of drug-likeness (QED) is 0.440. The molecular formula is C22H17ClFN3O2. The van der Waals surface area contributed by atoms with E-state index in [2.05, 4.69) is 15.5 Å². The zero-order valence-electron chi connectivity index (χ0n) is 15.5. The fourth-order valence-corrected chi connectivity index (χ4v) is 3.17. The Labute approximate surface area is 172 Å². The fraction of sp³-hybridized carbons (Fsp3) is 0.0909. The third kappa shape index (κ3) is 4.22. The van der Waals surface area contributed by atoms with Crippen molar-refractivity contribution in [3.63, 3.8) is 0 Å². The molecule has 1 unspecified atom stereocenters. The van der Waals surface area contributed by atoms with Gasteiger partial charge in [-0.25, -0.2) is 4.39 Å². The molecule has 0 amide bonds. The van der Waals surface area contributed by atoms with E-state index < -0.39 is 6.04 Å². The van der Waals surface area contributed by atoms with Gasteiger partial charge in [0.2, 0.25) is 11.8 Å². The van der Waals surface area contributed by atoms with Gasteiger partial charge >= 0.3 is 0 Å².